The Kier molecular flexibility index (Phi) is 6.63. The Morgan fingerprint density at radius 2 is 1.76 bits per heavy atom. The first kappa shape index (κ1) is 23.4. The minimum Gasteiger partial charge on any atom is -0.468 e. The van der Waals surface area contributed by atoms with Crippen LogP contribution >= 0.6 is 0 Å². The fourth-order valence-electron chi connectivity index (χ4n) is 4.77. The lowest BCUT2D eigenvalue weighted by atomic mass is 9.69. The van der Waals surface area contributed by atoms with Crippen LogP contribution in [0.5, 0.6) is 0 Å². The molecule has 1 heterocycles. The molecule has 2 aliphatic rings. The third-order valence-electron chi connectivity index (χ3n) is 6.39. The van der Waals surface area contributed by atoms with Gasteiger partial charge in [-0.05, 0) is 30.9 Å². The summed E-state index contributed by atoms with van der Waals surface area (Å²) >= 11 is 0. The number of ether oxygens (including phenoxy) is 2. The van der Waals surface area contributed by atoms with E-state index in [0.29, 0.717) is 17.8 Å². The Hall–Kier alpha value is -3.74. The molecule has 0 fully saturated rings. The van der Waals surface area contributed by atoms with Crippen molar-refractivity contribution in [2.75, 3.05) is 7.11 Å². The van der Waals surface area contributed by atoms with Crippen LogP contribution in [-0.2, 0) is 30.5 Å². The lowest BCUT2D eigenvalue weighted by molar-refractivity contribution is -0.151. The first-order valence-corrected chi connectivity index (χ1v) is 11.1. The van der Waals surface area contributed by atoms with E-state index in [1.54, 1.807) is 32.0 Å². The number of hydrogen-bond donors (Lipinski definition) is 1. The second-order valence-corrected chi connectivity index (χ2v) is 8.62. The molecule has 0 aromatic heterocycles. The Morgan fingerprint density at radius 3 is 2.44 bits per heavy atom. The fourth-order valence-corrected chi connectivity index (χ4v) is 4.77. The quantitative estimate of drug-likeness (QED) is 0.529. The number of halogens is 1. The van der Waals surface area contributed by atoms with Crippen molar-refractivity contribution in [1.29, 1.82) is 0 Å². The molecule has 0 saturated heterocycles. The van der Waals surface area contributed by atoms with Crippen LogP contribution in [-0.4, -0.2) is 24.8 Å². The molecule has 2 aromatic rings. The molecular weight excluding hydrogens is 437 g/mol. The number of allylic oxidation sites excluding steroid dienone is 3. The molecule has 1 aliphatic heterocycles. The van der Waals surface area contributed by atoms with Crippen LogP contribution in [0.15, 0.2) is 77.1 Å². The van der Waals surface area contributed by atoms with Gasteiger partial charge in [0.1, 0.15) is 18.3 Å². The SMILES string of the molecule is COC(=O)[C@@H]1C(=O)C2=C(C[C@@H]1C)NC(C)=C(C(=O)OCc1ccccc1)[C@@H]2c1ccccc1F. The number of methoxy groups -OCH3 is 1. The first-order chi connectivity index (χ1) is 16.3. The molecule has 0 radical (unpaired) electrons. The maximum Gasteiger partial charge on any atom is 0.337 e. The molecule has 0 spiro atoms. The second-order valence-electron chi connectivity index (χ2n) is 8.62. The van der Waals surface area contributed by atoms with Crippen molar-refractivity contribution in [1.82, 2.24) is 5.32 Å². The van der Waals surface area contributed by atoms with Crippen LogP contribution in [0, 0.1) is 17.7 Å². The summed E-state index contributed by atoms with van der Waals surface area (Å²) in [6, 6.07) is 15.2. The van der Waals surface area contributed by atoms with Gasteiger partial charge in [0.2, 0.25) is 0 Å². The molecule has 34 heavy (non-hydrogen) atoms. The summed E-state index contributed by atoms with van der Waals surface area (Å²) in [7, 11) is 1.23. The molecule has 176 valence electrons. The molecule has 7 heteroatoms. The number of Topliss-reactive ketones (excluding diaryl/α,β-unsaturated/α-hetero) is 1. The number of nitrogens with one attached hydrogen (secondary N) is 1. The van der Waals surface area contributed by atoms with Crippen molar-refractivity contribution in [3.63, 3.8) is 0 Å². The van der Waals surface area contributed by atoms with Gasteiger partial charge in [-0.3, -0.25) is 9.59 Å². The Bertz CT molecular complexity index is 1200. The summed E-state index contributed by atoms with van der Waals surface area (Å²) < 4.78 is 25.5. The van der Waals surface area contributed by atoms with Gasteiger partial charge in [0.25, 0.3) is 0 Å². The molecule has 0 saturated carbocycles. The van der Waals surface area contributed by atoms with Crippen LogP contribution in [0.3, 0.4) is 0 Å². The van der Waals surface area contributed by atoms with Crippen LogP contribution in [0.2, 0.25) is 0 Å². The third-order valence-corrected chi connectivity index (χ3v) is 6.39. The zero-order valence-corrected chi connectivity index (χ0v) is 19.3. The summed E-state index contributed by atoms with van der Waals surface area (Å²) in [5.74, 6) is -4.67. The number of benzene rings is 2. The van der Waals surface area contributed by atoms with Gasteiger partial charge >= 0.3 is 11.9 Å². The number of carbonyl (C=O) groups excluding carboxylic acids is 3. The van der Waals surface area contributed by atoms with Crippen molar-refractivity contribution < 1.29 is 28.2 Å². The maximum absolute atomic E-state index is 15.1. The van der Waals surface area contributed by atoms with E-state index < -0.39 is 35.4 Å². The van der Waals surface area contributed by atoms with Gasteiger partial charge in [-0.1, -0.05) is 55.5 Å². The highest BCUT2D eigenvalue weighted by molar-refractivity contribution is 6.12. The molecule has 6 nitrogen and oxygen atoms in total. The summed E-state index contributed by atoms with van der Waals surface area (Å²) in [5, 5.41) is 3.17. The van der Waals surface area contributed by atoms with E-state index in [1.807, 2.05) is 30.3 Å². The summed E-state index contributed by atoms with van der Waals surface area (Å²) in [6.45, 7) is 3.53. The molecule has 2 aromatic carbocycles. The third kappa shape index (κ3) is 4.25. The lowest BCUT2D eigenvalue weighted by Gasteiger charge is -2.38. The van der Waals surface area contributed by atoms with Crippen molar-refractivity contribution >= 4 is 17.7 Å². The normalized spacial score (nSPS) is 22.1. The smallest absolute Gasteiger partial charge is 0.337 e. The van der Waals surface area contributed by atoms with Crippen molar-refractivity contribution in [3.05, 3.63) is 94.1 Å². The van der Waals surface area contributed by atoms with Gasteiger partial charge in [0.05, 0.1) is 18.6 Å². The second kappa shape index (κ2) is 9.63. The van der Waals surface area contributed by atoms with E-state index in [1.165, 1.54) is 13.2 Å². The molecule has 1 aliphatic carbocycles. The number of rotatable bonds is 5. The largest absolute Gasteiger partial charge is 0.468 e. The zero-order chi connectivity index (χ0) is 24.4. The standard InChI is InChI=1S/C27H26FNO5/c1-15-13-20-24(25(30)21(15)26(31)33-3)23(18-11-7-8-12-19(18)28)22(16(2)29-20)27(32)34-14-17-9-5-4-6-10-17/h4-12,15,21,23,29H,13-14H2,1-3H3/t15-,21-,23-/m0/s1. The first-order valence-electron chi connectivity index (χ1n) is 11.1. The highest BCUT2D eigenvalue weighted by atomic mass is 19.1. The molecule has 1 N–H and O–H groups in total. The number of esters is 2. The number of hydrogen-bond acceptors (Lipinski definition) is 6. The van der Waals surface area contributed by atoms with Crippen molar-refractivity contribution in [2.45, 2.75) is 32.8 Å². The summed E-state index contributed by atoms with van der Waals surface area (Å²) in [5.41, 5.74) is 2.40. The van der Waals surface area contributed by atoms with Gasteiger partial charge in [0, 0.05) is 22.5 Å². The average Bonchev–Trinajstić information content (AvgIpc) is 2.82. The van der Waals surface area contributed by atoms with Gasteiger partial charge in [0.15, 0.2) is 5.78 Å². The predicted molar refractivity (Wildman–Crippen MR) is 123 cm³/mol. The molecule has 4 rings (SSSR count). The molecule has 0 bridgehead atoms. The number of carbonyl (C=O) groups is 3. The van der Waals surface area contributed by atoms with Crippen molar-refractivity contribution in [3.8, 4) is 0 Å². The predicted octanol–water partition coefficient (Wildman–Crippen LogP) is 4.18. The topological polar surface area (TPSA) is 81.7 Å². The average molecular weight is 464 g/mol. The van der Waals surface area contributed by atoms with Crippen molar-refractivity contribution in [2.24, 2.45) is 11.8 Å². The van der Waals surface area contributed by atoms with E-state index in [-0.39, 0.29) is 29.2 Å². The lowest BCUT2D eigenvalue weighted by Crippen LogP contribution is -2.43. The highest BCUT2D eigenvalue weighted by Gasteiger charge is 2.47. The Morgan fingerprint density at radius 1 is 1.09 bits per heavy atom. The van der Waals surface area contributed by atoms with E-state index in [9.17, 15) is 14.4 Å². The van der Waals surface area contributed by atoms with E-state index in [4.69, 9.17) is 9.47 Å². The Labute approximate surface area is 197 Å². The maximum atomic E-state index is 15.1. The van der Waals surface area contributed by atoms with Gasteiger partial charge in [-0.15, -0.1) is 0 Å². The number of dihydropyridines is 1. The molecule has 0 unspecified atom stereocenters. The monoisotopic (exact) mass is 463 g/mol. The highest BCUT2D eigenvalue weighted by Crippen LogP contribution is 2.46. The van der Waals surface area contributed by atoms with Gasteiger partial charge < -0.3 is 14.8 Å². The minimum absolute atomic E-state index is 0.0299. The molecular formula is C27H26FNO5. The van der Waals surface area contributed by atoms with Crippen LogP contribution in [0.4, 0.5) is 4.39 Å². The van der Waals surface area contributed by atoms with Crippen LogP contribution in [0.25, 0.3) is 0 Å². The number of ketones is 1. The molecule has 3 atom stereocenters. The minimum atomic E-state index is -1.03. The van der Waals surface area contributed by atoms with Gasteiger partial charge in [-0.2, -0.15) is 0 Å². The van der Waals surface area contributed by atoms with Crippen LogP contribution in [0.1, 0.15) is 37.3 Å². The Balaban J connectivity index is 1.78. The van der Waals surface area contributed by atoms with Gasteiger partial charge in [-0.25, -0.2) is 9.18 Å². The van der Waals surface area contributed by atoms with E-state index in [0.717, 1.165) is 5.56 Å². The fraction of sp³-hybridized carbons (Fsp3) is 0.296. The summed E-state index contributed by atoms with van der Waals surface area (Å²) in [6.07, 6.45) is 0.384. The summed E-state index contributed by atoms with van der Waals surface area (Å²) in [4.78, 5) is 39.4. The van der Waals surface area contributed by atoms with Crippen LogP contribution < -0.4 is 5.32 Å². The zero-order valence-electron chi connectivity index (χ0n) is 19.3. The van der Waals surface area contributed by atoms with E-state index >= 15 is 4.39 Å². The molecule has 0 amide bonds. The van der Waals surface area contributed by atoms with E-state index in [2.05, 4.69) is 5.32 Å².